The lowest BCUT2D eigenvalue weighted by molar-refractivity contribution is 0.107. The maximum Gasteiger partial charge on any atom is 0.350 e. The van der Waals surface area contributed by atoms with Crippen molar-refractivity contribution in [2.75, 3.05) is 39.4 Å². The van der Waals surface area contributed by atoms with Crippen LogP contribution in [0.2, 0.25) is 0 Å². The topological polar surface area (TPSA) is 184 Å². The van der Waals surface area contributed by atoms with E-state index < -0.39 is 41.9 Å². The van der Waals surface area contributed by atoms with E-state index in [1.54, 1.807) is 6.92 Å². The SMILES string of the molecule is CCCCCCCCCCCCCCCCCCOCCn1c(=O)c(C(CCOCCCCCCCCCCCCCCCCCC)(Cc2ccccc2)Cc2ccccc2)c(-n2cc(C)c(=O)[nH]c2=O)n(CCOCP(=O)(O)O)c1=O. The zero-order chi connectivity index (χ0) is 58.9. The van der Waals surface area contributed by atoms with Gasteiger partial charge in [0.2, 0.25) is 0 Å². The van der Waals surface area contributed by atoms with E-state index in [1.807, 2.05) is 60.7 Å². The number of nitrogens with zero attached hydrogens (tertiary/aromatic N) is 3. The van der Waals surface area contributed by atoms with Gasteiger partial charge in [-0.1, -0.05) is 267 Å². The predicted octanol–water partition coefficient (Wildman–Crippen LogP) is 15.0. The minimum Gasteiger partial charge on any atom is -0.381 e. The Hall–Kier alpha value is -4.17. The molecule has 0 amide bonds. The Morgan fingerprint density at radius 2 is 0.866 bits per heavy atom. The number of nitrogens with one attached hydrogen (secondary N) is 1. The first-order valence-electron chi connectivity index (χ1n) is 32.5. The van der Waals surface area contributed by atoms with Crippen LogP contribution < -0.4 is 22.5 Å². The molecule has 0 aliphatic heterocycles. The normalized spacial score (nSPS) is 12.0. The lowest BCUT2D eigenvalue weighted by Gasteiger charge is -2.37. The smallest absolute Gasteiger partial charge is 0.350 e. The number of H-pyrrole nitrogens is 1. The van der Waals surface area contributed by atoms with E-state index in [-0.39, 0.29) is 49.9 Å². The van der Waals surface area contributed by atoms with Crippen molar-refractivity contribution < 1.29 is 28.6 Å². The highest BCUT2D eigenvalue weighted by molar-refractivity contribution is 7.51. The van der Waals surface area contributed by atoms with Gasteiger partial charge in [0.1, 0.15) is 12.2 Å². The van der Waals surface area contributed by atoms with Crippen molar-refractivity contribution in [2.45, 2.75) is 264 Å². The zero-order valence-electron chi connectivity index (χ0n) is 51.2. The van der Waals surface area contributed by atoms with Crippen LogP contribution in [0, 0.1) is 6.92 Å². The van der Waals surface area contributed by atoms with Crippen molar-refractivity contribution in [2.24, 2.45) is 0 Å². The van der Waals surface area contributed by atoms with Crippen LogP contribution in [0.1, 0.15) is 248 Å². The molecule has 0 aliphatic rings. The van der Waals surface area contributed by atoms with E-state index in [4.69, 9.17) is 14.2 Å². The number of aromatic nitrogens is 4. The third-order valence-corrected chi connectivity index (χ3v) is 16.8. The van der Waals surface area contributed by atoms with E-state index in [1.165, 1.54) is 182 Å². The van der Waals surface area contributed by atoms with Gasteiger partial charge in [0, 0.05) is 37.0 Å². The molecule has 0 fully saturated rings. The summed E-state index contributed by atoms with van der Waals surface area (Å²) in [5, 5.41) is 0. The Kier molecular flexibility index (Phi) is 36.5. The molecule has 15 heteroatoms. The minimum absolute atomic E-state index is 0.0471. The van der Waals surface area contributed by atoms with Crippen LogP contribution in [0.25, 0.3) is 5.82 Å². The summed E-state index contributed by atoms with van der Waals surface area (Å²) in [4.78, 5) is 79.9. The number of benzene rings is 2. The van der Waals surface area contributed by atoms with Crippen LogP contribution in [0.3, 0.4) is 0 Å². The zero-order valence-corrected chi connectivity index (χ0v) is 52.1. The van der Waals surface area contributed by atoms with Crippen LogP contribution in [-0.2, 0) is 50.1 Å². The maximum absolute atomic E-state index is 15.8. The highest BCUT2D eigenvalue weighted by atomic mass is 31.2. The highest BCUT2D eigenvalue weighted by Gasteiger charge is 2.41. The molecule has 82 heavy (non-hydrogen) atoms. The molecule has 14 nitrogen and oxygen atoms in total. The van der Waals surface area contributed by atoms with Gasteiger partial charge in [0.25, 0.3) is 11.1 Å². The summed E-state index contributed by atoms with van der Waals surface area (Å²) in [5.41, 5.74) is -1.76. The van der Waals surface area contributed by atoms with Crippen LogP contribution in [0.5, 0.6) is 0 Å². The van der Waals surface area contributed by atoms with Gasteiger partial charge < -0.3 is 24.0 Å². The lowest BCUT2D eigenvalue weighted by atomic mass is 9.69. The van der Waals surface area contributed by atoms with Gasteiger partial charge in [0.05, 0.1) is 31.9 Å². The summed E-state index contributed by atoms with van der Waals surface area (Å²) < 4.78 is 33.7. The summed E-state index contributed by atoms with van der Waals surface area (Å²) in [6.45, 7) is 6.72. The van der Waals surface area contributed by atoms with Crippen molar-refractivity contribution in [3.8, 4) is 5.82 Å². The molecule has 2 aromatic carbocycles. The molecule has 2 heterocycles. The minimum atomic E-state index is -4.59. The largest absolute Gasteiger partial charge is 0.381 e. The number of hydrogen-bond donors (Lipinski definition) is 3. The van der Waals surface area contributed by atoms with Crippen LogP contribution in [0.4, 0.5) is 0 Å². The molecule has 0 saturated heterocycles. The molecule has 462 valence electrons. The van der Waals surface area contributed by atoms with Gasteiger partial charge in [-0.25, -0.2) is 9.59 Å². The van der Waals surface area contributed by atoms with Crippen LogP contribution in [-0.4, -0.2) is 67.9 Å². The lowest BCUT2D eigenvalue weighted by Crippen LogP contribution is -2.51. The third kappa shape index (κ3) is 28.1. The second-order valence-electron chi connectivity index (χ2n) is 23.4. The molecule has 0 bridgehead atoms. The van der Waals surface area contributed by atoms with Gasteiger partial charge in [0.15, 0.2) is 0 Å². The molecular weight excluding hydrogens is 1050 g/mol. The first-order valence-corrected chi connectivity index (χ1v) is 34.3. The molecule has 4 aromatic rings. The predicted molar refractivity (Wildman–Crippen MR) is 336 cm³/mol. The average Bonchev–Trinajstić information content (AvgIpc) is 3.64. The van der Waals surface area contributed by atoms with E-state index >= 15 is 9.59 Å². The molecule has 2 aromatic heterocycles. The van der Waals surface area contributed by atoms with Crippen LogP contribution >= 0.6 is 7.60 Å². The maximum atomic E-state index is 15.8. The van der Waals surface area contributed by atoms with Crippen molar-refractivity contribution in [1.29, 1.82) is 0 Å². The van der Waals surface area contributed by atoms with E-state index in [0.29, 0.717) is 32.5 Å². The Morgan fingerprint density at radius 3 is 1.28 bits per heavy atom. The number of aryl methyl sites for hydroxylation is 1. The van der Waals surface area contributed by atoms with Crippen molar-refractivity contribution >= 4 is 7.60 Å². The molecule has 3 N–H and O–H groups in total. The van der Waals surface area contributed by atoms with Gasteiger partial charge in [-0.3, -0.25) is 32.8 Å². The molecule has 0 atom stereocenters. The number of ether oxygens (including phenoxy) is 3. The molecule has 4 rings (SSSR count). The summed E-state index contributed by atoms with van der Waals surface area (Å²) in [6, 6.07) is 19.7. The Morgan fingerprint density at radius 1 is 0.488 bits per heavy atom. The fourth-order valence-corrected chi connectivity index (χ4v) is 11.9. The fourth-order valence-electron chi connectivity index (χ4n) is 11.5. The highest BCUT2D eigenvalue weighted by Crippen LogP contribution is 2.38. The fraction of sp³-hybridized carbons (Fsp3) is 0.701. The first kappa shape index (κ1) is 70.3. The monoisotopic (exact) mass is 1160 g/mol. The van der Waals surface area contributed by atoms with Crippen molar-refractivity contribution in [1.82, 2.24) is 18.7 Å². The first-order chi connectivity index (χ1) is 39.9. The van der Waals surface area contributed by atoms with E-state index in [2.05, 4.69) is 18.8 Å². The molecule has 0 radical (unpaired) electrons. The van der Waals surface area contributed by atoms with Crippen molar-refractivity contribution in [3.63, 3.8) is 0 Å². The molecule has 0 spiro atoms. The van der Waals surface area contributed by atoms with E-state index in [0.717, 1.165) is 54.2 Å². The molecule has 0 aliphatic carbocycles. The summed E-state index contributed by atoms with van der Waals surface area (Å²) >= 11 is 0. The summed E-state index contributed by atoms with van der Waals surface area (Å²) in [7, 11) is -4.59. The van der Waals surface area contributed by atoms with Crippen LogP contribution in [0.15, 0.2) is 86.0 Å². The van der Waals surface area contributed by atoms with Gasteiger partial charge in [-0.05, 0) is 50.2 Å². The van der Waals surface area contributed by atoms with Gasteiger partial charge >= 0.3 is 19.0 Å². The summed E-state index contributed by atoms with van der Waals surface area (Å²) in [5.74, 6) is -0.0471. The number of rotatable bonds is 51. The summed E-state index contributed by atoms with van der Waals surface area (Å²) in [6.07, 6.45) is 41.9. The van der Waals surface area contributed by atoms with E-state index in [9.17, 15) is 23.9 Å². The van der Waals surface area contributed by atoms with Gasteiger partial charge in [-0.2, -0.15) is 0 Å². The number of unbranched alkanes of at least 4 members (excludes halogenated alkanes) is 30. The number of aromatic amines is 1. The second kappa shape index (κ2) is 42.6. The third-order valence-electron chi connectivity index (χ3n) is 16.2. The molecule has 0 saturated carbocycles. The molecular formula is C67H109N4O10P. The Labute approximate surface area is 492 Å². The Balaban J connectivity index is 1.56. The average molecular weight is 1160 g/mol. The quantitative estimate of drug-likeness (QED) is 0.0284. The number of hydrogen-bond acceptors (Lipinski definition) is 8. The second-order valence-corrected chi connectivity index (χ2v) is 25.0. The molecule has 0 unspecified atom stereocenters. The Bertz CT molecular complexity index is 2530. The van der Waals surface area contributed by atoms with Crippen molar-refractivity contribution in [3.05, 3.63) is 131 Å². The van der Waals surface area contributed by atoms with Gasteiger partial charge in [-0.15, -0.1) is 0 Å². The standard InChI is InChI=1S/C67H109N4O10P/c1-4-6-8-10-12-14-16-18-20-22-24-26-28-30-32-40-49-79-51-46-67(54-59-42-36-34-37-43-59,55-60-44-38-35-39-45-60)61-63(71-56-58(3)62(72)68-65(71)74)69(47-53-81-57-82(76,77)78)66(75)70(64(61)73)48-52-80-50-41-33-31-29-27-25-23-21-19-17-15-13-11-9-7-5-2/h34-39,42-45,56H,4-33,40-41,46-55,57H2,1-3H3,(H,68,72,74)(H2,76,77,78).